The van der Waals surface area contributed by atoms with Gasteiger partial charge in [0.15, 0.2) is 0 Å². The average molecular weight is 308 g/mol. The van der Waals surface area contributed by atoms with E-state index in [1.54, 1.807) is 0 Å². The highest BCUT2D eigenvalue weighted by atomic mass is 16.7. The summed E-state index contributed by atoms with van der Waals surface area (Å²) in [7, 11) is 0. The van der Waals surface area contributed by atoms with E-state index in [4.69, 9.17) is 0 Å². The standard InChI is InChI=1S/C13H12N2O7/c1-2-7-21-14-11(16)8-12(17)22-13(18)9-3-5-10(6-4-9)15(19)20/h2-6H,1,7-8H2,(H,14,16). The number of rotatable bonds is 7. The number of esters is 2. The van der Waals surface area contributed by atoms with Crippen LogP contribution in [0.1, 0.15) is 16.8 Å². The van der Waals surface area contributed by atoms with Crippen molar-refractivity contribution in [3.05, 3.63) is 52.6 Å². The number of amides is 1. The zero-order valence-electron chi connectivity index (χ0n) is 11.3. The van der Waals surface area contributed by atoms with Crippen molar-refractivity contribution in [2.45, 2.75) is 6.42 Å². The molecule has 0 aromatic heterocycles. The van der Waals surface area contributed by atoms with E-state index in [9.17, 15) is 24.5 Å². The Morgan fingerprint density at radius 1 is 1.27 bits per heavy atom. The molecule has 0 radical (unpaired) electrons. The lowest BCUT2D eigenvalue weighted by molar-refractivity contribution is -0.384. The highest BCUT2D eigenvalue weighted by molar-refractivity contribution is 6.02. The van der Waals surface area contributed by atoms with Crippen LogP contribution in [0.15, 0.2) is 36.9 Å². The Morgan fingerprint density at radius 3 is 2.45 bits per heavy atom. The Kier molecular flexibility index (Phi) is 6.38. The van der Waals surface area contributed by atoms with Gasteiger partial charge in [-0.05, 0) is 12.1 Å². The SMILES string of the molecule is C=CCONC(=O)CC(=O)OC(=O)c1ccc([N+](=O)[O-])cc1. The molecule has 22 heavy (non-hydrogen) atoms. The number of carbonyl (C=O) groups is 3. The van der Waals surface area contributed by atoms with Crippen molar-refractivity contribution in [2.75, 3.05) is 6.61 Å². The van der Waals surface area contributed by atoms with E-state index >= 15 is 0 Å². The molecule has 1 rings (SSSR count). The van der Waals surface area contributed by atoms with E-state index in [-0.39, 0.29) is 17.9 Å². The normalized spacial score (nSPS) is 9.64. The van der Waals surface area contributed by atoms with Crippen LogP contribution in [0.4, 0.5) is 5.69 Å². The maximum atomic E-state index is 11.6. The maximum absolute atomic E-state index is 11.6. The van der Waals surface area contributed by atoms with E-state index in [2.05, 4.69) is 16.2 Å². The number of hydroxylamine groups is 1. The molecule has 1 N–H and O–H groups in total. The van der Waals surface area contributed by atoms with Gasteiger partial charge in [-0.25, -0.2) is 10.3 Å². The number of nitrogens with one attached hydrogen (secondary N) is 1. The summed E-state index contributed by atoms with van der Waals surface area (Å²) in [5.41, 5.74) is 1.69. The van der Waals surface area contributed by atoms with E-state index in [0.29, 0.717) is 0 Å². The lowest BCUT2D eigenvalue weighted by Crippen LogP contribution is -2.27. The molecule has 0 heterocycles. The van der Waals surface area contributed by atoms with Gasteiger partial charge in [-0.2, -0.15) is 0 Å². The number of nitro groups is 1. The van der Waals surface area contributed by atoms with Crippen LogP contribution in [0.2, 0.25) is 0 Å². The molecule has 0 spiro atoms. The van der Waals surface area contributed by atoms with Gasteiger partial charge in [0.25, 0.3) is 11.6 Å². The summed E-state index contributed by atoms with van der Waals surface area (Å²) in [6.07, 6.45) is 0.673. The lowest BCUT2D eigenvalue weighted by Gasteiger charge is -2.04. The highest BCUT2D eigenvalue weighted by Gasteiger charge is 2.17. The Labute approximate surface area is 124 Å². The zero-order valence-corrected chi connectivity index (χ0v) is 11.3. The number of nitro benzene ring substituents is 1. The molecule has 1 aromatic rings. The average Bonchev–Trinajstić information content (AvgIpc) is 2.47. The summed E-state index contributed by atoms with van der Waals surface area (Å²) in [6.45, 7) is 3.41. The van der Waals surface area contributed by atoms with Gasteiger partial charge in [0.1, 0.15) is 6.42 Å². The van der Waals surface area contributed by atoms with Gasteiger partial charge in [0, 0.05) is 12.1 Å². The molecule has 0 aliphatic heterocycles. The van der Waals surface area contributed by atoms with Crippen molar-refractivity contribution in [3.8, 4) is 0 Å². The number of benzene rings is 1. The molecule has 116 valence electrons. The van der Waals surface area contributed by atoms with Gasteiger partial charge in [-0.15, -0.1) is 6.58 Å². The second kappa shape index (κ2) is 8.27. The van der Waals surface area contributed by atoms with Crippen LogP contribution < -0.4 is 5.48 Å². The molecule has 9 heteroatoms. The summed E-state index contributed by atoms with van der Waals surface area (Å²) in [4.78, 5) is 48.6. The molecule has 0 aliphatic rings. The second-order valence-electron chi connectivity index (χ2n) is 3.87. The molecule has 0 saturated heterocycles. The first-order valence-corrected chi connectivity index (χ1v) is 5.95. The molecule has 9 nitrogen and oxygen atoms in total. The fourth-order valence-corrected chi connectivity index (χ4v) is 1.27. The third kappa shape index (κ3) is 5.51. The lowest BCUT2D eigenvalue weighted by atomic mass is 10.2. The van der Waals surface area contributed by atoms with Gasteiger partial charge in [-0.3, -0.25) is 24.5 Å². The quantitative estimate of drug-likeness (QED) is 0.198. The Morgan fingerprint density at radius 2 is 1.91 bits per heavy atom. The summed E-state index contributed by atoms with van der Waals surface area (Å²) in [5, 5.41) is 10.5. The van der Waals surface area contributed by atoms with Crippen molar-refractivity contribution in [3.63, 3.8) is 0 Å². The molecule has 0 fully saturated rings. The topological polar surface area (TPSA) is 125 Å². The van der Waals surface area contributed by atoms with Crippen molar-refractivity contribution in [1.82, 2.24) is 5.48 Å². The molecular formula is C13H12N2O7. The Hall–Kier alpha value is -3.07. The fourth-order valence-electron chi connectivity index (χ4n) is 1.27. The minimum absolute atomic E-state index is 0.0535. The van der Waals surface area contributed by atoms with Crippen LogP contribution in [0.25, 0.3) is 0 Å². The van der Waals surface area contributed by atoms with Crippen LogP contribution in [0.3, 0.4) is 0 Å². The predicted octanol–water partition coefficient (Wildman–Crippen LogP) is 0.902. The molecule has 1 amide bonds. The van der Waals surface area contributed by atoms with Crippen LogP contribution in [-0.2, 0) is 19.2 Å². The van der Waals surface area contributed by atoms with Crippen LogP contribution in [0, 0.1) is 10.1 Å². The number of carbonyl (C=O) groups excluding carboxylic acids is 3. The summed E-state index contributed by atoms with van der Waals surface area (Å²) in [6, 6.07) is 4.47. The first kappa shape index (κ1) is 17.0. The summed E-state index contributed by atoms with van der Waals surface area (Å²) >= 11 is 0. The molecule has 0 bridgehead atoms. The Balaban J connectivity index is 2.50. The molecule has 0 aliphatic carbocycles. The molecule has 0 saturated carbocycles. The molecule has 1 aromatic carbocycles. The number of hydrogen-bond donors (Lipinski definition) is 1. The predicted molar refractivity (Wildman–Crippen MR) is 72.4 cm³/mol. The third-order valence-electron chi connectivity index (χ3n) is 2.21. The number of non-ortho nitro benzene ring substituents is 1. The number of hydrogen-bond acceptors (Lipinski definition) is 7. The highest BCUT2D eigenvalue weighted by Crippen LogP contribution is 2.12. The van der Waals surface area contributed by atoms with Crippen molar-refractivity contribution in [1.29, 1.82) is 0 Å². The molecule has 0 unspecified atom stereocenters. The van der Waals surface area contributed by atoms with E-state index in [0.717, 1.165) is 24.3 Å². The first-order valence-electron chi connectivity index (χ1n) is 5.95. The van der Waals surface area contributed by atoms with E-state index < -0.39 is 29.2 Å². The van der Waals surface area contributed by atoms with E-state index in [1.807, 2.05) is 5.48 Å². The largest absolute Gasteiger partial charge is 0.389 e. The molecule has 0 atom stereocenters. The van der Waals surface area contributed by atoms with Gasteiger partial charge in [-0.1, -0.05) is 6.08 Å². The summed E-state index contributed by atoms with van der Waals surface area (Å²) < 4.78 is 4.43. The third-order valence-corrected chi connectivity index (χ3v) is 2.21. The van der Waals surface area contributed by atoms with Crippen molar-refractivity contribution < 1.29 is 28.9 Å². The van der Waals surface area contributed by atoms with Gasteiger partial charge in [0.05, 0.1) is 17.1 Å². The second-order valence-corrected chi connectivity index (χ2v) is 3.87. The minimum atomic E-state index is -1.08. The van der Waals surface area contributed by atoms with Gasteiger partial charge in [0.2, 0.25) is 0 Å². The van der Waals surface area contributed by atoms with Crippen molar-refractivity contribution in [2.24, 2.45) is 0 Å². The first-order chi connectivity index (χ1) is 10.4. The van der Waals surface area contributed by atoms with E-state index in [1.165, 1.54) is 6.08 Å². The summed E-state index contributed by atoms with van der Waals surface area (Å²) in [5.74, 6) is -2.88. The van der Waals surface area contributed by atoms with Crippen LogP contribution >= 0.6 is 0 Å². The van der Waals surface area contributed by atoms with Crippen LogP contribution in [-0.4, -0.2) is 29.4 Å². The van der Waals surface area contributed by atoms with Crippen molar-refractivity contribution >= 4 is 23.5 Å². The number of ether oxygens (including phenoxy) is 1. The minimum Gasteiger partial charge on any atom is -0.389 e. The smallest absolute Gasteiger partial charge is 0.345 e. The van der Waals surface area contributed by atoms with Crippen LogP contribution in [0.5, 0.6) is 0 Å². The zero-order chi connectivity index (χ0) is 16.5. The van der Waals surface area contributed by atoms with Gasteiger partial charge >= 0.3 is 11.9 Å². The monoisotopic (exact) mass is 308 g/mol. The number of nitrogens with zero attached hydrogens (tertiary/aromatic N) is 1. The Bertz CT molecular complexity index is 595. The fraction of sp³-hybridized carbons (Fsp3) is 0.154. The molecular weight excluding hydrogens is 296 g/mol. The maximum Gasteiger partial charge on any atom is 0.345 e. The van der Waals surface area contributed by atoms with Gasteiger partial charge < -0.3 is 4.74 Å².